The van der Waals surface area contributed by atoms with E-state index in [-0.39, 0.29) is 6.29 Å². The van der Waals surface area contributed by atoms with Gasteiger partial charge in [-0.05, 0) is 30.4 Å². The number of aryl methyl sites for hydroxylation is 1. The van der Waals surface area contributed by atoms with Crippen molar-refractivity contribution < 1.29 is 14.6 Å². The highest BCUT2D eigenvalue weighted by Crippen LogP contribution is 2.22. The first-order chi connectivity index (χ1) is 8.79. The highest BCUT2D eigenvalue weighted by atomic mass is 16.7. The summed E-state index contributed by atoms with van der Waals surface area (Å²) in [6, 6.07) is 8.16. The molecule has 2 rings (SSSR count). The predicted molar refractivity (Wildman–Crippen MR) is 70.3 cm³/mol. The van der Waals surface area contributed by atoms with E-state index < -0.39 is 6.10 Å². The Balaban J connectivity index is 1.80. The van der Waals surface area contributed by atoms with Crippen molar-refractivity contribution in [3.05, 3.63) is 35.4 Å². The molecule has 0 bridgehead atoms. The van der Waals surface area contributed by atoms with Crippen molar-refractivity contribution in [3.8, 4) is 0 Å². The van der Waals surface area contributed by atoms with Gasteiger partial charge in [-0.3, -0.25) is 0 Å². The quantitative estimate of drug-likeness (QED) is 0.873. The minimum absolute atomic E-state index is 0.136. The second-order valence-corrected chi connectivity index (χ2v) is 4.71. The second kappa shape index (κ2) is 6.88. The van der Waals surface area contributed by atoms with E-state index in [1.165, 1.54) is 5.56 Å². The van der Waals surface area contributed by atoms with Crippen LogP contribution in [0.2, 0.25) is 0 Å². The van der Waals surface area contributed by atoms with Crippen LogP contribution in [0.5, 0.6) is 0 Å². The monoisotopic (exact) mass is 250 g/mol. The molecule has 0 saturated carbocycles. The SMILES string of the molecule is CCc1ccc([C@H](O)CCC2OCCCO2)cc1. The number of aliphatic hydroxyl groups excluding tert-OH is 1. The minimum atomic E-state index is -0.426. The van der Waals surface area contributed by atoms with Crippen LogP contribution in [0.3, 0.4) is 0 Å². The fourth-order valence-corrected chi connectivity index (χ4v) is 2.14. The number of ether oxygens (including phenoxy) is 2. The molecule has 0 unspecified atom stereocenters. The molecule has 100 valence electrons. The normalized spacial score (nSPS) is 18.8. The van der Waals surface area contributed by atoms with Crippen LogP contribution in [-0.2, 0) is 15.9 Å². The van der Waals surface area contributed by atoms with E-state index >= 15 is 0 Å². The van der Waals surface area contributed by atoms with Gasteiger partial charge in [0.05, 0.1) is 19.3 Å². The van der Waals surface area contributed by atoms with Gasteiger partial charge in [-0.25, -0.2) is 0 Å². The molecule has 0 spiro atoms. The number of hydrogen-bond donors (Lipinski definition) is 1. The summed E-state index contributed by atoms with van der Waals surface area (Å²) in [5.41, 5.74) is 2.27. The third-order valence-corrected chi connectivity index (χ3v) is 3.34. The summed E-state index contributed by atoms with van der Waals surface area (Å²) in [4.78, 5) is 0. The number of hydrogen-bond acceptors (Lipinski definition) is 3. The van der Waals surface area contributed by atoms with Crippen LogP contribution < -0.4 is 0 Å². The van der Waals surface area contributed by atoms with Gasteiger partial charge >= 0.3 is 0 Å². The van der Waals surface area contributed by atoms with Crippen molar-refractivity contribution in [1.29, 1.82) is 0 Å². The Labute approximate surface area is 109 Å². The number of aliphatic hydroxyl groups is 1. The molecular formula is C15H22O3. The Morgan fingerprint density at radius 2 is 1.89 bits per heavy atom. The van der Waals surface area contributed by atoms with E-state index in [1.54, 1.807) is 0 Å². The molecule has 0 radical (unpaired) electrons. The first-order valence-electron chi connectivity index (χ1n) is 6.79. The fourth-order valence-electron chi connectivity index (χ4n) is 2.14. The molecule has 1 fully saturated rings. The summed E-state index contributed by atoms with van der Waals surface area (Å²) in [7, 11) is 0. The molecule has 1 saturated heterocycles. The van der Waals surface area contributed by atoms with Gasteiger partial charge in [0.15, 0.2) is 6.29 Å². The lowest BCUT2D eigenvalue weighted by Gasteiger charge is -2.24. The van der Waals surface area contributed by atoms with Gasteiger partial charge in [0.2, 0.25) is 0 Å². The van der Waals surface area contributed by atoms with Crippen LogP contribution >= 0.6 is 0 Å². The third kappa shape index (κ3) is 3.80. The second-order valence-electron chi connectivity index (χ2n) is 4.71. The zero-order chi connectivity index (χ0) is 12.8. The Kier molecular flexibility index (Phi) is 5.17. The van der Waals surface area contributed by atoms with E-state index in [0.29, 0.717) is 6.42 Å². The van der Waals surface area contributed by atoms with Crippen LogP contribution in [0.1, 0.15) is 43.4 Å². The Morgan fingerprint density at radius 1 is 1.22 bits per heavy atom. The summed E-state index contributed by atoms with van der Waals surface area (Å²) < 4.78 is 10.9. The molecule has 0 aromatic heterocycles. The summed E-state index contributed by atoms with van der Waals surface area (Å²) >= 11 is 0. The number of benzene rings is 1. The van der Waals surface area contributed by atoms with Crippen molar-refractivity contribution >= 4 is 0 Å². The van der Waals surface area contributed by atoms with Crippen molar-refractivity contribution in [2.45, 2.75) is 45.0 Å². The van der Waals surface area contributed by atoms with E-state index in [1.807, 2.05) is 12.1 Å². The molecule has 0 amide bonds. The van der Waals surface area contributed by atoms with Crippen molar-refractivity contribution in [1.82, 2.24) is 0 Å². The van der Waals surface area contributed by atoms with Gasteiger partial charge in [0, 0.05) is 6.42 Å². The van der Waals surface area contributed by atoms with Gasteiger partial charge < -0.3 is 14.6 Å². The predicted octanol–water partition coefficient (Wildman–Crippen LogP) is 2.83. The van der Waals surface area contributed by atoms with Crippen molar-refractivity contribution in [2.24, 2.45) is 0 Å². The van der Waals surface area contributed by atoms with E-state index in [4.69, 9.17) is 9.47 Å². The third-order valence-electron chi connectivity index (χ3n) is 3.34. The van der Waals surface area contributed by atoms with E-state index in [9.17, 15) is 5.11 Å². The van der Waals surface area contributed by atoms with Gasteiger partial charge in [-0.2, -0.15) is 0 Å². The molecule has 18 heavy (non-hydrogen) atoms. The lowest BCUT2D eigenvalue weighted by Crippen LogP contribution is -2.25. The average Bonchev–Trinajstić information content (AvgIpc) is 2.46. The van der Waals surface area contributed by atoms with Crippen LogP contribution in [0.4, 0.5) is 0 Å². The maximum atomic E-state index is 10.1. The summed E-state index contributed by atoms with van der Waals surface area (Å²) in [5, 5.41) is 10.1. The summed E-state index contributed by atoms with van der Waals surface area (Å²) in [5.74, 6) is 0. The van der Waals surface area contributed by atoms with Gasteiger partial charge in [-0.1, -0.05) is 31.2 Å². The van der Waals surface area contributed by atoms with Crippen LogP contribution in [0.25, 0.3) is 0 Å². The van der Waals surface area contributed by atoms with Gasteiger partial charge in [0.25, 0.3) is 0 Å². The maximum absolute atomic E-state index is 10.1. The standard InChI is InChI=1S/C15H22O3/c1-2-12-4-6-13(7-5-12)14(16)8-9-15-17-10-3-11-18-15/h4-7,14-16H,2-3,8-11H2,1H3/t14-/m1/s1. The van der Waals surface area contributed by atoms with Gasteiger partial charge in [0.1, 0.15) is 0 Å². The maximum Gasteiger partial charge on any atom is 0.157 e. The molecule has 0 aliphatic carbocycles. The minimum Gasteiger partial charge on any atom is -0.388 e. The van der Waals surface area contributed by atoms with Crippen molar-refractivity contribution in [3.63, 3.8) is 0 Å². The average molecular weight is 250 g/mol. The molecule has 3 heteroatoms. The van der Waals surface area contributed by atoms with E-state index in [2.05, 4.69) is 19.1 Å². The lowest BCUT2D eigenvalue weighted by atomic mass is 10.0. The zero-order valence-corrected chi connectivity index (χ0v) is 11.0. The first-order valence-corrected chi connectivity index (χ1v) is 6.79. The number of rotatable bonds is 5. The highest BCUT2D eigenvalue weighted by molar-refractivity contribution is 5.24. The molecule has 1 heterocycles. The van der Waals surface area contributed by atoms with Gasteiger partial charge in [-0.15, -0.1) is 0 Å². The van der Waals surface area contributed by atoms with Crippen molar-refractivity contribution in [2.75, 3.05) is 13.2 Å². The molecule has 1 aliphatic rings. The molecule has 1 aromatic carbocycles. The first kappa shape index (κ1) is 13.5. The smallest absolute Gasteiger partial charge is 0.157 e. The Hall–Kier alpha value is -0.900. The van der Waals surface area contributed by atoms with Crippen LogP contribution in [-0.4, -0.2) is 24.6 Å². The topological polar surface area (TPSA) is 38.7 Å². The molecule has 1 N–H and O–H groups in total. The van der Waals surface area contributed by atoms with Crippen LogP contribution in [0, 0.1) is 0 Å². The summed E-state index contributed by atoms with van der Waals surface area (Å²) in [6.45, 7) is 3.67. The molecule has 1 atom stereocenters. The molecule has 1 aromatic rings. The summed E-state index contributed by atoms with van der Waals surface area (Å²) in [6.07, 6.45) is 2.86. The fraction of sp³-hybridized carbons (Fsp3) is 0.600. The Bertz CT molecular complexity index is 341. The Morgan fingerprint density at radius 3 is 2.50 bits per heavy atom. The van der Waals surface area contributed by atoms with Crippen LogP contribution in [0.15, 0.2) is 24.3 Å². The largest absolute Gasteiger partial charge is 0.388 e. The highest BCUT2D eigenvalue weighted by Gasteiger charge is 2.16. The van der Waals surface area contributed by atoms with E-state index in [0.717, 1.165) is 38.0 Å². The molecule has 3 nitrogen and oxygen atoms in total. The molecular weight excluding hydrogens is 228 g/mol. The zero-order valence-electron chi connectivity index (χ0n) is 11.0. The molecule has 1 aliphatic heterocycles. The lowest BCUT2D eigenvalue weighted by molar-refractivity contribution is -0.183.